The van der Waals surface area contributed by atoms with Gasteiger partial charge in [0.2, 0.25) is 0 Å². The molecule has 4 heteroatoms. The van der Waals surface area contributed by atoms with Crippen LogP contribution in [0.1, 0.15) is 58.3 Å². The summed E-state index contributed by atoms with van der Waals surface area (Å²) < 4.78 is 6.87. The molecule has 0 saturated carbocycles. The van der Waals surface area contributed by atoms with Gasteiger partial charge in [-0.1, -0.05) is 13.8 Å². The smallest absolute Gasteiger partial charge is 0.136 e. The molecule has 0 spiro atoms. The quantitative estimate of drug-likeness (QED) is 0.798. The highest BCUT2D eigenvalue weighted by molar-refractivity contribution is 9.10. The van der Waals surface area contributed by atoms with Crippen molar-refractivity contribution >= 4 is 15.9 Å². The fraction of sp³-hybridized carbons (Fsp3) is 0.750. The van der Waals surface area contributed by atoms with Gasteiger partial charge in [-0.2, -0.15) is 0 Å². The Bertz CT molecular complexity index is 414. The van der Waals surface area contributed by atoms with Gasteiger partial charge in [-0.25, -0.2) is 0 Å². The Morgan fingerprint density at radius 2 is 2.10 bits per heavy atom. The van der Waals surface area contributed by atoms with Crippen molar-refractivity contribution in [3.05, 3.63) is 22.6 Å². The standard InChI is InChI=1S/C16H27BrN2O/c1-4-9-18-15(14-13(17)8-12-20-14)16(3,5-2)19-10-6-7-11-19/h8,12,15,18H,4-7,9-11H2,1-3H3. The van der Waals surface area contributed by atoms with Crippen LogP contribution in [0, 0.1) is 0 Å². The van der Waals surface area contributed by atoms with Gasteiger partial charge < -0.3 is 9.73 Å². The topological polar surface area (TPSA) is 28.4 Å². The Kier molecular flexibility index (Phi) is 5.70. The molecule has 1 saturated heterocycles. The molecule has 3 nitrogen and oxygen atoms in total. The van der Waals surface area contributed by atoms with Gasteiger partial charge in [-0.3, -0.25) is 4.90 Å². The van der Waals surface area contributed by atoms with Crippen LogP contribution >= 0.6 is 15.9 Å². The van der Waals surface area contributed by atoms with Crippen molar-refractivity contribution in [3.8, 4) is 0 Å². The van der Waals surface area contributed by atoms with Crippen molar-refractivity contribution in [3.63, 3.8) is 0 Å². The van der Waals surface area contributed by atoms with Gasteiger partial charge in [0.1, 0.15) is 5.76 Å². The summed E-state index contributed by atoms with van der Waals surface area (Å²) in [4.78, 5) is 2.63. The lowest BCUT2D eigenvalue weighted by Gasteiger charge is -2.44. The Morgan fingerprint density at radius 3 is 2.60 bits per heavy atom. The summed E-state index contributed by atoms with van der Waals surface area (Å²) in [5.41, 5.74) is 0.103. The van der Waals surface area contributed by atoms with Crippen LogP contribution in [0.15, 0.2) is 21.2 Å². The van der Waals surface area contributed by atoms with Crippen molar-refractivity contribution in [2.75, 3.05) is 19.6 Å². The van der Waals surface area contributed by atoms with E-state index in [1.807, 2.05) is 6.07 Å². The first-order chi connectivity index (χ1) is 9.63. The summed E-state index contributed by atoms with van der Waals surface area (Å²) in [7, 11) is 0. The van der Waals surface area contributed by atoms with Crippen molar-refractivity contribution in [1.29, 1.82) is 0 Å². The van der Waals surface area contributed by atoms with Crippen molar-refractivity contribution in [1.82, 2.24) is 10.2 Å². The van der Waals surface area contributed by atoms with Gasteiger partial charge in [0.05, 0.1) is 16.8 Å². The largest absolute Gasteiger partial charge is 0.466 e. The van der Waals surface area contributed by atoms with E-state index in [0.29, 0.717) is 0 Å². The number of furan rings is 1. The highest BCUT2D eigenvalue weighted by Crippen LogP contribution is 2.39. The first-order valence-electron chi connectivity index (χ1n) is 7.84. The molecule has 2 unspecified atom stereocenters. The molecule has 0 amide bonds. The molecule has 1 aliphatic heterocycles. The zero-order chi connectivity index (χ0) is 14.6. The average molecular weight is 343 g/mol. The second-order valence-electron chi connectivity index (χ2n) is 5.92. The molecule has 0 bridgehead atoms. The summed E-state index contributed by atoms with van der Waals surface area (Å²) in [5, 5.41) is 3.72. The third-order valence-electron chi connectivity index (χ3n) is 4.67. The minimum absolute atomic E-state index is 0.103. The van der Waals surface area contributed by atoms with E-state index in [0.717, 1.165) is 29.6 Å². The number of nitrogens with zero attached hydrogens (tertiary/aromatic N) is 1. The van der Waals surface area contributed by atoms with Gasteiger partial charge in [0.25, 0.3) is 0 Å². The molecule has 1 aliphatic rings. The molecule has 1 aromatic rings. The molecular formula is C16H27BrN2O. The summed E-state index contributed by atoms with van der Waals surface area (Å²) in [6.45, 7) is 10.3. The predicted octanol–water partition coefficient (Wildman–Crippen LogP) is 4.35. The maximum atomic E-state index is 5.80. The third-order valence-corrected chi connectivity index (χ3v) is 5.33. The average Bonchev–Trinajstić information content (AvgIpc) is 3.11. The highest BCUT2D eigenvalue weighted by Gasteiger charge is 2.42. The minimum atomic E-state index is 0.103. The fourth-order valence-corrected chi connectivity index (χ4v) is 3.66. The molecule has 20 heavy (non-hydrogen) atoms. The monoisotopic (exact) mass is 342 g/mol. The molecule has 2 rings (SSSR count). The maximum Gasteiger partial charge on any atom is 0.136 e. The van der Waals surface area contributed by atoms with E-state index in [-0.39, 0.29) is 11.6 Å². The lowest BCUT2D eigenvalue weighted by Crippen LogP contribution is -2.53. The van der Waals surface area contributed by atoms with E-state index in [1.54, 1.807) is 6.26 Å². The summed E-state index contributed by atoms with van der Waals surface area (Å²) in [5.74, 6) is 1.04. The van der Waals surface area contributed by atoms with E-state index in [1.165, 1.54) is 25.9 Å². The summed E-state index contributed by atoms with van der Waals surface area (Å²) >= 11 is 3.64. The van der Waals surface area contributed by atoms with Crippen LogP contribution in [-0.4, -0.2) is 30.1 Å². The second-order valence-corrected chi connectivity index (χ2v) is 6.78. The summed E-state index contributed by atoms with van der Waals surface area (Å²) in [6, 6.07) is 2.23. The Morgan fingerprint density at radius 1 is 1.40 bits per heavy atom. The van der Waals surface area contributed by atoms with E-state index < -0.39 is 0 Å². The van der Waals surface area contributed by atoms with E-state index in [2.05, 4.69) is 46.9 Å². The SMILES string of the molecule is CCCNC(c1occc1Br)C(C)(CC)N1CCCC1. The minimum Gasteiger partial charge on any atom is -0.466 e. The van der Waals surface area contributed by atoms with Crippen LogP contribution in [0.3, 0.4) is 0 Å². The Labute approximate surface area is 131 Å². The number of hydrogen-bond donors (Lipinski definition) is 1. The molecule has 2 atom stereocenters. The zero-order valence-corrected chi connectivity index (χ0v) is 14.5. The molecule has 0 aromatic carbocycles. The van der Waals surface area contributed by atoms with E-state index in [4.69, 9.17) is 4.42 Å². The summed E-state index contributed by atoms with van der Waals surface area (Å²) in [6.07, 6.45) is 6.65. The molecular weight excluding hydrogens is 316 g/mol. The van der Waals surface area contributed by atoms with Crippen LogP contribution < -0.4 is 5.32 Å². The fourth-order valence-electron chi connectivity index (χ4n) is 3.23. The van der Waals surface area contributed by atoms with Gasteiger partial charge in [-0.05, 0) is 74.2 Å². The highest BCUT2D eigenvalue weighted by atomic mass is 79.9. The van der Waals surface area contributed by atoms with Crippen molar-refractivity contribution in [2.24, 2.45) is 0 Å². The van der Waals surface area contributed by atoms with Gasteiger partial charge in [0, 0.05) is 5.54 Å². The van der Waals surface area contributed by atoms with E-state index >= 15 is 0 Å². The first kappa shape index (κ1) is 16.1. The molecule has 0 radical (unpaired) electrons. The predicted molar refractivity (Wildman–Crippen MR) is 86.9 cm³/mol. The first-order valence-corrected chi connectivity index (χ1v) is 8.64. The van der Waals surface area contributed by atoms with Crippen LogP contribution in [0.25, 0.3) is 0 Å². The van der Waals surface area contributed by atoms with Gasteiger partial charge >= 0.3 is 0 Å². The molecule has 0 aliphatic carbocycles. The second kappa shape index (κ2) is 7.10. The number of rotatable bonds is 7. The van der Waals surface area contributed by atoms with Crippen LogP contribution in [0.5, 0.6) is 0 Å². The van der Waals surface area contributed by atoms with Crippen LogP contribution in [-0.2, 0) is 0 Å². The van der Waals surface area contributed by atoms with Crippen molar-refractivity contribution < 1.29 is 4.42 Å². The third kappa shape index (κ3) is 3.12. The molecule has 1 fully saturated rings. The van der Waals surface area contributed by atoms with Crippen molar-refractivity contribution in [2.45, 2.75) is 58.0 Å². The number of likely N-dealkylation sites (tertiary alicyclic amines) is 1. The maximum absolute atomic E-state index is 5.80. The number of halogens is 1. The number of nitrogens with one attached hydrogen (secondary N) is 1. The normalized spacial score (nSPS) is 21.0. The Balaban J connectivity index is 2.30. The molecule has 2 heterocycles. The van der Waals surface area contributed by atoms with E-state index in [9.17, 15) is 0 Å². The number of hydrogen-bond acceptors (Lipinski definition) is 3. The van der Waals surface area contributed by atoms with Crippen LogP contribution in [0.2, 0.25) is 0 Å². The van der Waals surface area contributed by atoms with Gasteiger partial charge in [0.15, 0.2) is 0 Å². The molecule has 114 valence electrons. The molecule has 1 N–H and O–H groups in total. The Hall–Kier alpha value is -0.320. The van der Waals surface area contributed by atoms with Gasteiger partial charge in [-0.15, -0.1) is 0 Å². The zero-order valence-electron chi connectivity index (χ0n) is 12.9. The molecule has 1 aromatic heterocycles. The van der Waals surface area contributed by atoms with Crippen LogP contribution in [0.4, 0.5) is 0 Å². The lowest BCUT2D eigenvalue weighted by atomic mass is 9.85. The lowest BCUT2D eigenvalue weighted by molar-refractivity contribution is 0.0741.